The van der Waals surface area contributed by atoms with Gasteiger partial charge in [-0.2, -0.15) is 0 Å². The predicted octanol–water partition coefficient (Wildman–Crippen LogP) is 1.62. The third-order valence-corrected chi connectivity index (χ3v) is 5.09. The fourth-order valence-corrected chi connectivity index (χ4v) is 3.34. The van der Waals surface area contributed by atoms with Gasteiger partial charge < -0.3 is 24.8 Å². The van der Waals surface area contributed by atoms with Crippen molar-refractivity contribution in [3.8, 4) is 17.2 Å². The van der Waals surface area contributed by atoms with Gasteiger partial charge in [-0.15, -0.1) is 0 Å². The number of primary sulfonamides is 1. The van der Waals surface area contributed by atoms with E-state index >= 15 is 0 Å². The number of methoxy groups -OCH3 is 3. The summed E-state index contributed by atoms with van der Waals surface area (Å²) in [5, 5.41) is 11.5. The highest BCUT2D eigenvalue weighted by Crippen LogP contribution is 2.38. The Hall–Kier alpha value is -2.98. The molecule has 0 spiro atoms. The van der Waals surface area contributed by atoms with Gasteiger partial charge in [-0.25, -0.2) is 18.5 Å². The van der Waals surface area contributed by atoms with Gasteiger partial charge in [0.2, 0.25) is 15.8 Å². The van der Waals surface area contributed by atoms with Crippen LogP contribution >= 0.6 is 0 Å². The molecule has 2 rings (SSSR count). The lowest BCUT2D eigenvalue weighted by Crippen LogP contribution is -2.36. The van der Waals surface area contributed by atoms with Crippen molar-refractivity contribution < 1.29 is 22.6 Å². The summed E-state index contributed by atoms with van der Waals surface area (Å²) in [5.74, 6) is 2.21. The maximum Gasteiger partial charge on any atom is 0.238 e. The minimum absolute atomic E-state index is 0.0705. The number of hydrogen-bond acceptors (Lipinski definition) is 6. The lowest BCUT2D eigenvalue weighted by Gasteiger charge is -2.14. The van der Waals surface area contributed by atoms with E-state index in [-0.39, 0.29) is 4.90 Å². The number of sulfonamides is 1. The number of nitrogens with one attached hydrogen (secondary N) is 2. The average molecular weight is 437 g/mol. The summed E-state index contributed by atoms with van der Waals surface area (Å²) in [4.78, 5) is 4.65. The SMILES string of the molecule is CCNC(=NCc1cc(OC)c(OC)c(OC)c1)NCc1cccc(S(N)(=O)=O)c1. The van der Waals surface area contributed by atoms with Crippen molar-refractivity contribution in [1.82, 2.24) is 10.6 Å². The third-order valence-electron chi connectivity index (χ3n) is 4.18. The second kappa shape index (κ2) is 10.7. The van der Waals surface area contributed by atoms with Crippen LogP contribution in [0.5, 0.6) is 17.2 Å². The van der Waals surface area contributed by atoms with E-state index < -0.39 is 10.0 Å². The zero-order chi connectivity index (χ0) is 22.1. The molecule has 2 aromatic carbocycles. The molecule has 0 amide bonds. The van der Waals surface area contributed by atoms with Gasteiger partial charge in [0.25, 0.3) is 0 Å². The highest BCUT2D eigenvalue weighted by Gasteiger charge is 2.13. The minimum atomic E-state index is -3.75. The van der Waals surface area contributed by atoms with Crippen molar-refractivity contribution in [2.75, 3.05) is 27.9 Å². The molecule has 0 unspecified atom stereocenters. The van der Waals surface area contributed by atoms with Crippen LogP contribution in [0.4, 0.5) is 0 Å². The van der Waals surface area contributed by atoms with Crippen LogP contribution in [0.25, 0.3) is 0 Å². The average Bonchev–Trinajstić information content (AvgIpc) is 2.74. The van der Waals surface area contributed by atoms with E-state index in [0.29, 0.717) is 42.8 Å². The maximum atomic E-state index is 11.5. The van der Waals surface area contributed by atoms with E-state index in [2.05, 4.69) is 15.6 Å². The van der Waals surface area contributed by atoms with Crippen LogP contribution in [0.2, 0.25) is 0 Å². The monoisotopic (exact) mass is 436 g/mol. The maximum absolute atomic E-state index is 11.5. The quantitative estimate of drug-likeness (QED) is 0.403. The Balaban J connectivity index is 2.17. The Morgan fingerprint density at radius 1 is 1.00 bits per heavy atom. The minimum Gasteiger partial charge on any atom is -0.493 e. The number of nitrogens with zero attached hydrogens (tertiary/aromatic N) is 1. The molecule has 0 radical (unpaired) electrons. The molecular weight excluding hydrogens is 408 g/mol. The molecule has 10 heteroatoms. The molecule has 30 heavy (non-hydrogen) atoms. The Morgan fingerprint density at radius 2 is 1.67 bits per heavy atom. The molecule has 0 aliphatic carbocycles. The summed E-state index contributed by atoms with van der Waals surface area (Å²) in [5.41, 5.74) is 1.64. The lowest BCUT2D eigenvalue weighted by molar-refractivity contribution is 0.324. The number of benzene rings is 2. The standard InChI is InChI=1S/C20H28N4O5S/c1-5-22-20(23-12-14-7-6-8-16(9-14)30(21,25)26)24-13-15-10-17(27-2)19(29-4)18(11-15)28-3/h6-11H,5,12-13H2,1-4H3,(H2,21,25,26)(H2,22,23,24). The van der Waals surface area contributed by atoms with E-state index in [9.17, 15) is 8.42 Å². The summed E-state index contributed by atoms with van der Waals surface area (Å²) in [7, 11) is 0.927. The molecule has 164 valence electrons. The van der Waals surface area contributed by atoms with E-state index in [1.165, 1.54) is 12.1 Å². The van der Waals surface area contributed by atoms with Gasteiger partial charge in [0.1, 0.15) is 0 Å². The van der Waals surface area contributed by atoms with Gasteiger partial charge in [0, 0.05) is 13.1 Å². The smallest absolute Gasteiger partial charge is 0.238 e. The molecule has 2 aromatic rings. The zero-order valence-corrected chi connectivity index (χ0v) is 18.4. The van der Waals surface area contributed by atoms with Crippen LogP contribution in [-0.2, 0) is 23.1 Å². The Labute approximate surface area is 177 Å². The predicted molar refractivity (Wildman–Crippen MR) is 116 cm³/mol. The second-order valence-corrected chi connectivity index (χ2v) is 7.84. The Morgan fingerprint density at radius 3 is 2.20 bits per heavy atom. The molecular formula is C20H28N4O5S. The van der Waals surface area contributed by atoms with Crippen LogP contribution in [0.15, 0.2) is 46.3 Å². The normalized spacial score (nSPS) is 11.7. The van der Waals surface area contributed by atoms with Crippen molar-refractivity contribution >= 4 is 16.0 Å². The molecule has 0 fully saturated rings. The molecule has 4 N–H and O–H groups in total. The fraction of sp³-hybridized carbons (Fsp3) is 0.350. The summed E-state index contributed by atoms with van der Waals surface area (Å²) in [6, 6.07) is 10.1. The van der Waals surface area contributed by atoms with E-state index in [0.717, 1.165) is 11.1 Å². The first-order chi connectivity index (χ1) is 14.3. The van der Waals surface area contributed by atoms with Crippen molar-refractivity contribution in [3.05, 3.63) is 47.5 Å². The fourth-order valence-electron chi connectivity index (χ4n) is 2.76. The highest BCUT2D eigenvalue weighted by molar-refractivity contribution is 7.89. The first-order valence-corrected chi connectivity index (χ1v) is 10.8. The summed E-state index contributed by atoms with van der Waals surface area (Å²) in [6.07, 6.45) is 0. The van der Waals surface area contributed by atoms with Gasteiger partial charge >= 0.3 is 0 Å². The first-order valence-electron chi connectivity index (χ1n) is 9.25. The van der Waals surface area contributed by atoms with E-state index in [1.807, 2.05) is 25.1 Å². The van der Waals surface area contributed by atoms with Gasteiger partial charge in [0.05, 0.1) is 32.8 Å². The molecule has 0 heterocycles. The van der Waals surface area contributed by atoms with Crippen molar-refractivity contribution in [2.45, 2.75) is 24.9 Å². The van der Waals surface area contributed by atoms with Crippen molar-refractivity contribution in [1.29, 1.82) is 0 Å². The number of aliphatic imine (C=N–C) groups is 1. The molecule has 0 bridgehead atoms. The Bertz CT molecular complexity index is 967. The third kappa shape index (κ3) is 6.26. The Kier molecular flexibility index (Phi) is 8.31. The molecule has 9 nitrogen and oxygen atoms in total. The van der Waals surface area contributed by atoms with Crippen LogP contribution in [0, 0.1) is 0 Å². The number of nitrogens with two attached hydrogens (primary N) is 1. The highest BCUT2D eigenvalue weighted by atomic mass is 32.2. The molecule has 0 aliphatic rings. The first kappa shape index (κ1) is 23.3. The largest absolute Gasteiger partial charge is 0.493 e. The molecule has 0 saturated heterocycles. The molecule has 0 aliphatic heterocycles. The number of hydrogen-bond donors (Lipinski definition) is 3. The van der Waals surface area contributed by atoms with Crippen LogP contribution in [0.1, 0.15) is 18.1 Å². The van der Waals surface area contributed by atoms with Crippen molar-refractivity contribution in [2.24, 2.45) is 10.1 Å². The number of ether oxygens (including phenoxy) is 3. The van der Waals surface area contributed by atoms with Crippen LogP contribution < -0.4 is 30.0 Å². The van der Waals surface area contributed by atoms with Gasteiger partial charge in [0.15, 0.2) is 17.5 Å². The summed E-state index contributed by atoms with van der Waals surface area (Å²) in [6.45, 7) is 3.37. The second-order valence-electron chi connectivity index (χ2n) is 6.27. The molecule has 0 atom stereocenters. The van der Waals surface area contributed by atoms with E-state index in [1.54, 1.807) is 27.4 Å². The van der Waals surface area contributed by atoms with Gasteiger partial charge in [-0.3, -0.25) is 0 Å². The zero-order valence-electron chi connectivity index (χ0n) is 17.6. The topological polar surface area (TPSA) is 124 Å². The van der Waals surface area contributed by atoms with Crippen LogP contribution in [-0.4, -0.2) is 42.3 Å². The lowest BCUT2D eigenvalue weighted by atomic mass is 10.2. The molecule has 0 saturated carbocycles. The summed E-state index contributed by atoms with van der Waals surface area (Å²) < 4.78 is 39.1. The van der Waals surface area contributed by atoms with Gasteiger partial charge in [-0.1, -0.05) is 12.1 Å². The summed E-state index contributed by atoms with van der Waals surface area (Å²) >= 11 is 0. The van der Waals surface area contributed by atoms with Crippen molar-refractivity contribution in [3.63, 3.8) is 0 Å². The van der Waals surface area contributed by atoms with E-state index in [4.69, 9.17) is 19.3 Å². The number of rotatable bonds is 9. The molecule has 0 aromatic heterocycles. The van der Waals surface area contributed by atoms with Crippen LogP contribution in [0.3, 0.4) is 0 Å². The van der Waals surface area contributed by atoms with Gasteiger partial charge in [-0.05, 0) is 42.3 Å². The number of guanidine groups is 1.